The highest BCUT2D eigenvalue weighted by molar-refractivity contribution is 5.94. The predicted octanol–water partition coefficient (Wildman–Crippen LogP) is 2.25. The van der Waals surface area contributed by atoms with Gasteiger partial charge >= 0.3 is 0 Å². The number of benzene rings is 1. The van der Waals surface area contributed by atoms with Gasteiger partial charge < -0.3 is 10.6 Å². The summed E-state index contributed by atoms with van der Waals surface area (Å²) in [7, 11) is 1.88. The second kappa shape index (κ2) is 5.54. The second-order valence-corrected chi connectivity index (χ2v) is 4.65. The molecule has 0 unspecified atom stereocenters. The van der Waals surface area contributed by atoms with Crippen molar-refractivity contribution in [2.24, 2.45) is 10.7 Å². The third kappa shape index (κ3) is 2.80. The molecule has 0 radical (unpaired) electrons. The number of nitrogens with zero attached hydrogens (tertiary/aromatic N) is 3. The van der Waals surface area contributed by atoms with Crippen molar-refractivity contribution in [3.8, 4) is 6.07 Å². The molecule has 0 amide bonds. The van der Waals surface area contributed by atoms with Crippen LogP contribution in [0.1, 0.15) is 31.2 Å². The Bertz CT molecular complexity index is 481. The maximum atomic E-state index is 8.88. The van der Waals surface area contributed by atoms with Gasteiger partial charge in [-0.25, -0.2) is 4.99 Å². The van der Waals surface area contributed by atoms with E-state index in [2.05, 4.69) is 11.1 Å². The lowest BCUT2D eigenvalue weighted by Crippen LogP contribution is -2.35. The molecule has 1 fully saturated rings. The molecular weight excluding hydrogens is 224 g/mol. The van der Waals surface area contributed by atoms with Crippen LogP contribution in [0.4, 0.5) is 5.69 Å². The van der Waals surface area contributed by atoms with Gasteiger partial charge in [0, 0.05) is 12.7 Å². The van der Waals surface area contributed by atoms with Crippen molar-refractivity contribution in [3.63, 3.8) is 0 Å². The first-order chi connectivity index (χ1) is 8.70. The van der Waals surface area contributed by atoms with Gasteiger partial charge in [-0.1, -0.05) is 18.9 Å². The number of rotatable bonds is 2. The van der Waals surface area contributed by atoms with Crippen LogP contribution in [0, 0.1) is 11.3 Å². The molecule has 0 aromatic heterocycles. The van der Waals surface area contributed by atoms with Gasteiger partial charge in [-0.3, -0.25) is 0 Å². The fraction of sp³-hybridized carbons (Fsp3) is 0.429. The van der Waals surface area contributed by atoms with Gasteiger partial charge in [-0.15, -0.1) is 0 Å². The highest BCUT2D eigenvalue weighted by atomic mass is 15.2. The van der Waals surface area contributed by atoms with Crippen LogP contribution in [0.2, 0.25) is 0 Å². The average Bonchev–Trinajstić information content (AvgIpc) is 2.90. The topological polar surface area (TPSA) is 65.4 Å². The van der Waals surface area contributed by atoms with E-state index in [9.17, 15) is 0 Å². The van der Waals surface area contributed by atoms with Crippen LogP contribution in [0.3, 0.4) is 0 Å². The van der Waals surface area contributed by atoms with E-state index < -0.39 is 0 Å². The molecule has 2 rings (SSSR count). The van der Waals surface area contributed by atoms with Crippen molar-refractivity contribution in [2.75, 3.05) is 11.9 Å². The molecule has 1 aliphatic carbocycles. The molecule has 1 aromatic rings. The first-order valence-electron chi connectivity index (χ1n) is 6.28. The number of nitriles is 1. The maximum absolute atomic E-state index is 8.88. The third-order valence-electron chi connectivity index (χ3n) is 3.35. The highest BCUT2D eigenvalue weighted by Gasteiger charge is 2.15. The van der Waals surface area contributed by atoms with E-state index in [1.165, 1.54) is 12.8 Å². The van der Waals surface area contributed by atoms with Crippen LogP contribution >= 0.6 is 0 Å². The summed E-state index contributed by atoms with van der Waals surface area (Å²) in [4.78, 5) is 6.38. The fourth-order valence-electron chi connectivity index (χ4n) is 2.22. The fourth-order valence-corrected chi connectivity index (χ4v) is 2.22. The molecule has 0 aliphatic heterocycles. The second-order valence-electron chi connectivity index (χ2n) is 4.65. The van der Waals surface area contributed by atoms with E-state index in [1.807, 2.05) is 30.1 Å². The van der Waals surface area contributed by atoms with Crippen molar-refractivity contribution < 1.29 is 0 Å². The monoisotopic (exact) mass is 242 g/mol. The molecule has 1 aromatic carbocycles. The molecule has 0 atom stereocenters. The summed E-state index contributed by atoms with van der Waals surface area (Å²) < 4.78 is 0. The first kappa shape index (κ1) is 12.4. The Balaban J connectivity index is 2.14. The summed E-state index contributed by atoms with van der Waals surface area (Å²) in [6, 6.07) is 9.87. The number of hydrogen-bond acceptors (Lipinski definition) is 2. The minimum atomic E-state index is 0.367. The molecule has 0 spiro atoms. The summed E-state index contributed by atoms with van der Waals surface area (Å²) in [5, 5.41) is 8.88. The van der Waals surface area contributed by atoms with Crippen LogP contribution in [0.25, 0.3) is 0 Å². The molecule has 1 saturated carbocycles. The molecule has 4 nitrogen and oxygen atoms in total. The van der Waals surface area contributed by atoms with Crippen molar-refractivity contribution in [2.45, 2.75) is 31.7 Å². The molecule has 2 N–H and O–H groups in total. The van der Waals surface area contributed by atoms with Gasteiger partial charge in [0.2, 0.25) is 0 Å². The molecule has 18 heavy (non-hydrogen) atoms. The van der Waals surface area contributed by atoms with Crippen LogP contribution in [-0.2, 0) is 0 Å². The largest absolute Gasteiger partial charge is 0.370 e. The van der Waals surface area contributed by atoms with E-state index >= 15 is 0 Å². The standard InChI is InChI=1S/C14H18N4/c1-18(13-8-4-5-11(9-13)10-15)14(16)17-12-6-2-3-7-12/h4-5,8-9,12H,2-3,6-7H2,1H3,(H2,16,17). The number of anilines is 1. The summed E-state index contributed by atoms with van der Waals surface area (Å²) in [6.45, 7) is 0. The Labute approximate surface area is 108 Å². The molecule has 0 saturated heterocycles. The number of hydrogen-bond donors (Lipinski definition) is 1. The summed E-state index contributed by atoms with van der Waals surface area (Å²) in [5.74, 6) is 0.525. The van der Waals surface area contributed by atoms with Crippen molar-refractivity contribution in [3.05, 3.63) is 29.8 Å². The Kier molecular flexibility index (Phi) is 3.83. The molecule has 94 valence electrons. The Hall–Kier alpha value is -2.02. The minimum Gasteiger partial charge on any atom is -0.370 e. The Morgan fingerprint density at radius 2 is 2.17 bits per heavy atom. The minimum absolute atomic E-state index is 0.367. The van der Waals surface area contributed by atoms with Crippen LogP contribution in [0.5, 0.6) is 0 Å². The van der Waals surface area contributed by atoms with E-state index in [4.69, 9.17) is 11.0 Å². The smallest absolute Gasteiger partial charge is 0.195 e. The zero-order valence-electron chi connectivity index (χ0n) is 10.6. The van der Waals surface area contributed by atoms with Crippen LogP contribution in [-0.4, -0.2) is 19.0 Å². The predicted molar refractivity (Wildman–Crippen MR) is 73.4 cm³/mol. The SMILES string of the molecule is CN(C(N)=NC1CCCC1)c1cccc(C#N)c1. The average molecular weight is 242 g/mol. The maximum Gasteiger partial charge on any atom is 0.195 e. The summed E-state index contributed by atoms with van der Waals surface area (Å²) >= 11 is 0. The van der Waals surface area contributed by atoms with E-state index in [0.29, 0.717) is 17.6 Å². The molecular formula is C14H18N4. The quantitative estimate of drug-likeness (QED) is 0.639. The molecule has 0 bridgehead atoms. The number of aliphatic imine (C=N–C) groups is 1. The van der Waals surface area contributed by atoms with Crippen molar-refractivity contribution in [1.29, 1.82) is 5.26 Å². The van der Waals surface area contributed by atoms with E-state index in [-0.39, 0.29) is 0 Å². The van der Waals surface area contributed by atoms with Crippen molar-refractivity contribution in [1.82, 2.24) is 0 Å². The molecule has 0 heterocycles. The molecule has 1 aliphatic rings. The van der Waals surface area contributed by atoms with Crippen LogP contribution in [0.15, 0.2) is 29.3 Å². The van der Waals surface area contributed by atoms with Gasteiger partial charge in [0.05, 0.1) is 17.7 Å². The normalized spacial score (nSPS) is 16.6. The lowest BCUT2D eigenvalue weighted by atomic mass is 10.2. The third-order valence-corrected chi connectivity index (χ3v) is 3.35. The number of nitrogens with two attached hydrogens (primary N) is 1. The Morgan fingerprint density at radius 3 is 2.83 bits per heavy atom. The first-order valence-corrected chi connectivity index (χ1v) is 6.28. The van der Waals surface area contributed by atoms with Crippen molar-refractivity contribution >= 4 is 11.6 Å². The van der Waals surface area contributed by atoms with Gasteiger partial charge in [-0.05, 0) is 31.0 Å². The molecule has 4 heteroatoms. The zero-order valence-corrected chi connectivity index (χ0v) is 10.6. The summed E-state index contributed by atoms with van der Waals surface area (Å²) in [6.07, 6.45) is 4.75. The Morgan fingerprint density at radius 1 is 1.44 bits per heavy atom. The van der Waals surface area contributed by atoms with Crippen LogP contribution < -0.4 is 10.6 Å². The lowest BCUT2D eigenvalue weighted by molar-refractivity contribution is 0.703. The van der Waals surface area contributed by atoms with Gasteiger partial charge in [0.15, 0.2) is 5.96 Å². The van der Waals surface area contributed by atoms with Gasteiger partial charge in [0.25, 0.3) is 0 Å². The van der Waals surface area contributed by atoms with E-state index in [1.54, 1.807) is 6.07 Å². The summed E-state index contributed by atoms with van der Waals surface area (Å²) in [5.41, 5.74) is 7.54. The number of guanidine groups is 1. The van der Waals surface area contributed by atoms with E-state index in [0.717, 1.165) is 18.5 Å². The van der Waals surface area contributed by atoms with Gasteiger partial charge in [-0.2, -0.15) is 5.26 Å². The zero-order chi connectivity index (χ0) is 13.0. The highest BCUT2D eigenvalue weighted by Crippen LogP contribution is 2.21. The van der Waals surface area contributed by atoms with Gasteiger partial charge in [0.1, 0.15) is 0 Å². The lowest BCUT2D eigenvalue weighted by Gasteiger charge is -2.19.